The average molecular weight is 365 g/mol. The monoisotopic (exact) mass is 365 g/mol. The maximum absolute atomic E-state index is 12.4. The number of nitrogens with one attached hydrogen (secondary N) is 1. The van der Waals surface area contributed by atoms with Crippen molar-refractivity contribution in [2.75, 3.05) is 19.0 Å². The summed E-state index contributed by atoms with van der Waals surface area (Å²) >= 11 is 0. The first-order chi connectivity index (χ1) is 12.4. The number of amides is 1. The largest absolute Gasteiger partial charge is 0.493 e. The summed E-state index contributed by atoms with van der Waals surface area (Å²) in [5.74, 6) is -0.225. The summed E-state index contributed by atoms with van der Waals surface area (Å²) in [5.41, 5.74) is 0.786. The van der Waals surface area contributed by atoms with Crippen molar-refractivity contribution in [1.29, 1.82) is 0 Å². The van der Waals surface area contributed by atoms with Crippen LogP contribution in [-0.2, 0) is 4.79 Å². The molecule has 2 aromatic carbocycles. The lowest BCUT2D eigenvalue weighted by molar-refractivity contribution is -0.118. The summed E-state index contributed by atoms with van der Waals surface area (Å²) in [6.45, 7) is -1.86. The molecule has 2 aromatic rings. The highest BCUT2D eigenvalue weighted by Crippen LogP contribution is 2.31. The SMILES string of the molecule is COc1ccc(NC(=O)COc2ccc(C(C)=O)cc2)cc1OC(F)F. The van der Waals surface area contributed by atoms with Crippen molar-refractivity contribution in [2.45, 2.75) is 13.5 Å². The summed E-state index contributed by atoms with van der Waals surface area (Å²) in [4.78, 5) is 23.1. The first-order valence-corrected chi connectivity index (χ1v) is 7.55. The lowest BCUT2D eigenvalue weighted by Gasteiger charge is -2.12. The van der Waals surface area contributed by atoms with Crippen LogP contribution in [0.1, 0.15) is 17.3 Å². The number of hydrogen-bond acceptors (Lipinski definition) is 5. The molecule has 0 unspecified atom stereocenters. The van der Waals surface area contributed by atoms with Crippen LogP contribution in [0.5, 0.6) is 17.2 Å². The Hall–Kier alpha value is -3.16. The van der Waals surface area contributed by atoms with Crippen molar-refractivity contribution in [1.82, 2.24) is 0 Å². The van der Waals surface area contributed by atoms with E-state index in [0.717, 1.165) is 0 Å². The molecule has 0 spiro atoms. The number of Topliss-reactive ketones (excluding diaryl/α,β-unsaturated/α-hetero) is 1. The van der Waals surface area contributed by atoms with E-state index in [1.54, 1.807) is 24.3 Å². The van der Waals surface area contributed by atoms with E-state index >= 15 is 0 Å². The molecule has 0 aliphatic rings. The van der Waals surface area contributed by atoms with Crippen LogP contribution in [0.4, 0.5) is 14.5 Å². The molecule has 0 saturated carbocycles. The van der Waals surface area contributed by atoms with Gasteiger partial charge in [0.15, 0.2) is 23.9 Å². The molecule has 26 heavy (non-hydrogen) atoms. The zero-order valence-electron chi connectivity index (χ0n) is 14.1. The molecular weight excluding hydrogens is 348 g/mol. The fourth-order valence-electron chi connectivity index (χ4n) is 2.07. The summed E-state index contributed by atoms with van der Waals surface area (Å²) < 4.78 is 39.4. The van der Waals surface area contributed by atoms with Crippen LogP contribution in [0, 0.1) is 0 Å². The van der Waals surface area contributed by atoms with Crippen LogP contribution in [0.15, 0.2) is 42.5 Å². The van der Waals surface area contributed by atoms with Crippen molar-refractivity contribution < 1.29 is 32.6 Å². The molecule has 0 saturated heterocycles. The van der Waals surface area contributed by atoms with E-state index in [4.69, 9.17) is 9.47 Å². The maximum Gasteiger partial charge on any atom is 0.387 e. The number of methoxy groups -OCH3 is 1. The first-order valence-electron chi connectivity index (χ1n) is 7.55. The molecule has 6 nitrogen and oxygen atoms in total. The molecule has 0 heterocycles. The minimum atomic E-state index is -3.02. The minimum absolute atomic E-state index is 0.0735. The minimum Gasteiger partial charge on any atom is -0.493 e. The number of carbonyl (C=O) groups is 2. The predicted octanol–water partition coefficient (Wildman–Crippen LogP) is 3.52. The number of rotatable bonds is 8. The fraction of sp³-hybridized carbons (Fsp3) is 0.222. The third kappa shape index (κ3) is 5.44. The van der Waals surface area contributed by atoms with E-state index in [9.17, 15) is 18.4 Å². The molecule has 138 valence electrons. The third-order valence-electron chi connectivity index (χ3n) is 3.29. The Morgan fingerprint density at radius 1 is 1.08 bits per heavy atom. The lowest BCUT2D eigenvalue weighted by Crippen LogP contribution is -2.20. The van der Waals surface area contributed by atoms with Gasteiger partial charge < -0.3 is 19.5 Å². The highest BCUT2D eigenvalue weighted by atomic mass is 19.3. The number of alkyl halides is 2. The van der Waals surface area contributed by atoms with Crippen LogP contribution < -0.4 is 19.5 Å². The molecule has 0 aliphatic heterocycles. The zero-order valence-corrected chi connectivity index (χ0v) is 14.1. The Morgan fingerprint density at radius 2 is 1.77 bits per heavy atom. The van der Waals surface area contributed by atoms with Gasteiger partial charge in [0, 0.05) is 17.3 Å². The van der Waals surface area contributed by atoms with E-state index in [1.165, 1.54) is 32.2 Å². The van der Waals surface area contributed by atoms with Crippen molar-refractivity contribution in [3.05, 3.63) is 48.0 Å². The van der Waals surface area contributed by atoms with Crippen molar-refractivity contribution >= 4 is 17.4 Å². The topological polar surface area (TPSA) is 73.9 Å². The van der Waals surface area contributed by atoms with Gasteiger partial charge in [-0.1, -0.05) is 0 Å². The Labute approximate surface area is 148 Å². The number of benzene rings is 2. The highest BCUT2D eigenvalue weighted by molar-refractivity contribution is 5.94. The van der Waals surface area contributed by atoms with Crippen LogP contribution >= 0.6 is 0 Å². The summed E-state index contributed by atoms with van der Waals surface area (Å²) in [5, 5.41) is 2.51. The van der Waals surface area contributed by atoms with Gasteiger partial charge in [-0.3, -0.25) is 9.59 Å². The molecule has 1 amide bonds. The normalized spacial score (nSPS) is 10.3. The molecule has 0 aliphatic carbocycles. The zero-order chi connectivity index (χ0) is 19.1. The average Bonchev–Trinajstić information content (AvgIpc) is 2.60. The standard InChI is InChI=1S/C18H17F2NO5/c1-11(22)12-3-6-14(7-4-12)25-10-17(23)21-13-5-8-15(24-2)16(9-13)26-18(19)20/h3-9,18H,10H2,1-2H3,(H,21,23). The highest BCUT2D eigenvalue weighted by Gasteiger charge is 2.13. The molecule has 0 atom stereocenters. The van der Waals surface area contributed by atoms with Gasteiger partial charge in [-0.05, 0) is 43.3 Å². The van der Waals surface area contributed by atoms with Gasteiger partial charge in [0.25, 0.3) is 5.91 Å². The third-order valence-corrected chi connectivity index (χ3v) is 3.29. The molecule has 0 fully saturated rings. The van der Waals surface area contributed by atoms with Crippen molar-refractivity contribution in [2.24, 2.45) is 0 Å². The first kappa shape index (κ1) is 19.2. The number of carbonyl (C=O) groups excluding carboxylic acids is 2. The number of halogens is 2. The Balaban J connectivity index is 1.95. The molecule has 0 aromatic heterocycles. The maximum atomic E-state index is 12.4. The van der Waals surface area contributed by atoms with Crippen LogP contribution in [-0.4, -0.2) is 32.0 Å². The Morgan fingerprint density at radius 3 is 2.35 bits per heavy atom. The summed E-state index contributed by atoms with van der Waals surface area (Å²) in [6.07, 6.45) is 0. The number of anilines is 1. The second-order valence-corrected chi connectivity index (χ2v) is 5.16. The van der Waals surface area contributed by atoms with Crippen molar-refractivity contribution in [3.8, 4) is 17.2 Å². The molecule has 8 heteroatoms. The Kier molecular flexibility index (Phi) is 6.48. The number of ether oxygens (including phenoxy) is 3. The quantitative estimate of drug-likeness (QED) is 0.725. The van der Waals surface area contributed by atoms with Crippen molar-refractivity contribution in [3.63, 3.8) is 0 Å². The summed E-state index contributed by atoms with van der Waals surface area (Å²) in [7, 11) is 1.32. The molecule has 0 bridgehead atoms. The second-order valence-electron chi connectivity index (χ2n) is 5.16. The predicted molar refractivity (Wildman–Crippen MR) is 90.2 cm³/mol. The van der Waals surface area contributed by atoms with Gasteiger partial charge in [0.2, 0.25) is 0 Å². The molecule has 1 N–H and O–H groups in total. The van der Waals surface area contributed by atoms with Crippen LogP contribution in [0.25, 0.3) is 0 Å². The van der Waals surface area contributed by atoms with E-state index in [2.05, 4.69) is 10.1 Å². The summed E-state index contributed by atoms with van der Waals surface area (Å²) in [6, 6.07) is 10.4. The Bertz CT molecular complexity index is 778. The smallest absolute Gasteiger partial charge is 0.387 e. The lowest BCUT2D eigenvalue weighted by atomic mass is 10.1. The van der Waals surface area contributed by atoms with Crippen LogP contribution in [0.3, 0.4) is 0 Å². The number of ketones is 1. The molecule has 0 radical (unpaired) electrons. The molecule has 2 rings (SSSR count). The van der Waals surface area contributed by atoms with E-state index in [0.29, 0.717) is 11.3 Å². The van der Waals surface area contributed by atoms with Gasteiger partial charge in [-0.2, -0.15) is 8.78 Å². The van der Waals surface area contributed by atoms with Gasteiger partial charge in [-0.15, -0.1) is 0 Å². The van der Waals surface area contributed by atoms with Gasteiger partial charge in [0.05, 0.1) is 7.11 Å². The van der Waals surface area contributed by atoms with Crippen LogP contribution in [0.2, 0.25) is 0 Å². The van der Waals surface area contributed by atoms with Gasteiger partial charge >= 0.3 is 6.61 Å². The second kappa shape index (κ2) is 8.80. The van der Waals surface area contributed by atoms with Gasteiger partial charge in [0.1, 0.15) is 5.75 Å². The molecular formula is C18H17F2NO5. The fourth-order valence-corrected chi connectivity index (χ4v) is 2.07. The van der Waals surface area contributed by atoms with E-state index in [-0.39, 0.29) is 29.6 Å². The van der Waals surface area contributed by atoms with E-state index in [1.807, 2.05) is 0 Å². The number of hydrogen-bond donors (Lipinski definition) is 1. The van der Waals surface area contributed by atoms with Gasteiger partial charge in [-0.25, -0.2) is 0 Å². The van der Waals surface area contributed by atoms with E-state index < -0.39 is 12.5 Å².